The van der Waals surface area contributed by atoms with Crippen molar-refractivity contribution in [3.8, 4) is 0 Å². The molecule has 20 heavy (non-hydrogen) atoms. The number of aliphatic hydroxyl groups excluding tert-OH is 1. The molecule has 4 nitrogen and oxygen atoms in total. The number of halogens is 1. The van der Waals surface area contributed by atoms with Crippen molar-refractivity contribution in [1.82, 2.24) is 10.6 Å². The summed E-state index contributed by atoms with van der Waals surface area (Å²) in [6.07, 6.45) is 1.73. The quantitative estimate of drug-likeness (QED) is 0.718. The lowest BCUT2D eigenvalue weighted by molar-refractivity contribution is 0.225. The molecular weight excluding hydrogens is 259 g/mol. The largest absolute Gasteiger partial charge is 0.396 e. The first-order valence-electron chi connectivity index (χ1n) is 6.98. The fraction of sp³-hybridized carbons (Fsp3) is 0.533. The van der Waals surface area contributed by atoms with Crippen LogP contribution in [-0.4, -0.2) is 29.8 Å². The second-order valence-corrected chi connectivity index (χ2v) is 4.93. The van der Waals surface area contributed by atoms with E-state index in [0.29, 0.717) is 18.4 Å². The van der Waals surface area contributed by atoms with E-state index in [0.717, 1.165) is 6.42 Å². The summed E-state index contributed by atoms with van der Waals surface area (Å²) in [5.74, 6) is -0.256. The average molecular weight is 282 g/mol. The Bertz CT molecular complexity index is 426. The van der Waals surface area contributed by atoms with Crippen LogP contribution in [0.2, 0.25) is 0 Å². The van der Waals surface area contributed by atoms with Crippen LogP contribution in [0.1, 0.15) is 32.3 Å². The van der Waals surface area contributed by atoms with Crippen molar-refractivity contribution < 1.29 is 14.3 Å². The molecule has 0 aliphatic rings. The van der Waals surface area contributed by atoms with Crippen molar-refractivity contribution in [1.29, 1.82) is 0 Å². The van der Waals surface area contributed by atoms with Gasteiger partial charge in [-0.15, -0.1) is 0 Å². The third kappa shape index (κ3) is 5.57. The van der Waals surface area contributed by atoms with E-state index in [4.69, 9.17) is 5.11 Å². The highest BCUT2D eigenvalue weighted by Gasteiger charge is 2.13. The zero-order valence-corrected chi connectivity index (χ0v) is 12.0. The van der Waals surface area contributed by atoms with Crippen LogP contribution >= 0.6 is 0 Å². The molecule has 1 rings (SSSR count). The van der Waals surface area contributed by atoms with Crippen molar-refractivity contribution in [2.24, 2.45) is 0 Å². The molecule has 2 unspecified atom stereocenters. The van der Waals surface area contributed by atoms with Crippen LogP contribution in [0.15, 0.2) is 24.3 Å². The third-order valence-electron chi connectivity index (χ3n) is 3.17. The molecule has 1 aromatic rings. The molecule has 0 bridgehead atoms. The maximum absolute atomic E-state index is 13.5. The molecule has 0 aliphatic heterocycles. The second-order valence-electron chi connectivity index (χ2n) is 4.93. The highest BCUT2D eigenvalue weighted by molar-refractivity contribution is 5.74. The van der Waals surface area contributed by atoms with Gasteiger partial charge in [0.2, 0.25) is 0 Å². The number of amides is 2. The van der Waals surface area contributed by atoms with Gasteiger partial charge in [-0.1, -0.05) is 25.1 Å². The second kappa shape index (κ2) is 8.53. The SMILES string of the molecule is CCC(CCO)NC(=O)NC(C)Cc1ccccc1F. The Balaban J connectivity index is 2.43. The number of aliphatic hydroxyl groups is 1. The normalized spacial score (nSPS) is 13.6. The fourth-order valence-electron chi connectivity index (χ4n) is 2.03. The molecule has 0 saturated carbocycles. The van der Waals surface area contributed by atoms with Gasteiger partial charge in [-0.3, -0.25) is 0 Å². The molecule has 0 aliphatic carbocycles. The number of hydrogen-bond donors (Lipinski definition) is 3. The van der Waals surface area contributed by atoms with Crippen LogP contribution in [0.25, 0.3) is 0 Å². The lowest BCUT2D eigenvalue weighted by atomic mass is 10.1. The number of carbonyl (C=O) groups excluding carboxylic acids is 1. The van der Waals surface area contributed by atoms with Crippen LogP contribution in [0, 0.1) is 5.82 Å². The van der Waals surface area contributed by atoms with E-state index in [1.807, 2.05) is 13.8 Å². The summed E-state index contributed by atoms with van der Waals surface area (Å²) >= 11 is 0. The van der Waals surface area contributed by atoms with Crippen LogP contribution < -0.4 is 10.6 Å². The van der Waals surface area contributed by atoms with Gasteiger partial charge in [0, 0.05) is 18.7 Å². The predicted octanol–water partition coefficient (Wildman–Crippen LogP) is 2.22. The molecule has 1 aromatic carbocycles. The number of nitrogens with one attached hydrogen (secondary N) is 2. The standard InChI is InChI=1S/C15H23FN2O2/c1-3-13(8-9-19)18-15(20)17-11(2)10-12-6-4-5-7-14(12)16/h4-7,11,13,19H,3,8-10H2,1-2H3,(H2,17,18,20). The minimum Gasteiger partial charge on any atom is -0.396 e. The average Bonchev–Trinajstić information content (AvgIpc) is 2.40. The van der Waals surface area contributed by atoms with Crippen molar-refractivity contribution >= 4 is 6.03 Å². The number of carbonyl (C=O) groups is 1. The van der Waals surface area contributed by atoms with Gasteiger partial charge in [-0.05, 0) is 37.8 Å². The van der Waals surface area contributed by atoms with Crippen LogP contribution in [0.5, 0.6) is 0 Å². The summed E-state index contributed by atoms with van der Waals surface area (Å²) in [4.78, 5) is 11.8. The first-order chi connectivity index (χ1) is 9.56. The lowest BCUT2D eigenvalue weighted by Gasteiger charge is -2.19. The maximum atomic E-state index is 13.5. The lowest BCUT2D eigenvalue weighted by Crippen LogP contribution is -2.46. The topological polar surface area (TPSA) is 61.4 Å². The van der Waals surface area contributed by atoms with Gasteiger partial charge in [-0.2, -0.15) is 0 Å². The predicted molar refractivity (Wildman–Crippen MR) is 77.0 cm³/mol. The molecule has 2 atom stereocenters. The summed E-state index contributed by atoms with van der Waals surface area (Å²) in [6, 6.07) is 6.06. The van der Waals surface area contributed by atoms with Gasteiger partial charge in [0.1, 0.15) is 5.82 Å². The Morgan fingerprint density at radius 2 is 2.05 bits per heavy atom. The number of hydrogen-bond acceptors (Lipinski definition) is 2. The van der Waals surface area contributed by atoms with Gasteiger partial charge < -0.3 is 15.7 Å². The van der Waals surface area contributed by atoms with Crippen LogP contribution in [0.4, 0.5) is 9.18 Å². The minimum absolute atomic E-state index is 0.0411. The Morgan fingerprint density at radius 1 is 1.35 bits per heavy atom. The molecule has 3 N–H and O–H groups in total. The first-order valence-corrected chi connectivity index (χ1v) is 6.98. The molecule has 112 valence electrons. The zero-order chi connectivity index (χ0) is 15.0. The highest BCUT2D eigenvalue weighted by Crippen LogP contribution is 2.09. The van der Waals surface area contributed by atoms with E-state index in [1.54, 1.807) is 18.2 Å². The molecular formula is C15H23FN2O2. The van der Waals surface area contributed by atoms with E-state index in [-0.39, 0.29) is 30.5 Å². The molecule has 2 amide bonds. The summed E-state index contributed by atoms with van der Waals surface area (Å²) < 4.78 is 13.5. The molecule has 0 aromatic heterocycles. The summed E-state index contributed by atoms with van der Waals surface area (Å²) in [5, 5.41) is 14.5. The monoisotopic (exact) mass is 282 g/mol. The summed E-state index contributed by atoms with van der Waals surface area (Å²) in [6.45, 7) is 3.83. The van der Waals surface area contributed by atoms with Gasteiger partial charge in [0.15, 0.2) is 0 Å². The van der Waals surface area contributed by atoms with Gasteiger partial charge >= 0.3 is 6.03 Å². The molecule has 0 fully saturated rings. The smallest absolute Gasteiger partial charge is 0.315 e. The van der Waals surface area contributed by atoms with Gasteiger partial charge in [0.25, 0.3) is 0 Å². The highest BCUT2D eigenvalue weighted by atomic mass is 19.1. The Morgan fingerprint density at radius 3 is 2.65 bits per heavy atom. The van der Waals surface area contributed by atoms with Gasteiger partial charge in [0.05, 0.1) is 0 Å². The molecule has 0 heterocycles. The van der Waals surface area contributed by atoms with E-state index in [2.05, 4.69) is 10.6 Å². The summed E-state index contributed by atoms with van der Waals surface area (Å²) in [7, 11) is 0. The number of urea groups is 1. The summed E-state index contributed by atoms with van der Waals surface area (Å²) in [5.41, 5.74) is 0.586. The van der Waals surface area contributed by atoms with Crippen molar-refractivity contribution in [2.75, 3.05) is 6.61 Å². The van der Waals surface area contributed by atoms with E-state index in [9.17, 15) is 9.18 Å². The van der Waals surface area contributed by atoms with Crippen molar-refractivity contribution in [3.63, 3.8) is 0 Å². The van der Waals surface area contributed by atoms with Crippen LogP contribution in [0.3, 0.4) is 0 Å². The Hall–Kier alpha value is -1.62. The molecule has 0 saturated heterocycles. The maximum Gasteiger partial charge on any atom is 0.315 e. The first kappa shape index (κ1) is 16.4. The van der Waals surface area contributed by atoms with E-state index in [1.165, 1.54) is 6.07 Å². The van der Waals surface area contributed by atoms with Crippen molar-refractivity contribution in [2.45, 2.75) is 45.2 Å². The number of benzene rings is 1. The third-order valence-corrected chi connectivity index (χ3v) is 3.17. The number of rotatable bonds is 7. The van der Waals surface area contributed by atoms with E-state index >= 15 is 0 Å². The van der Waals surface area contributed by atoms with Crippen molar-refractivity contribution in [3.05, 3.63) is 35.6 Å². The molecule has 0 spiro atoms. The fourth-order valence-corrected chi connectivity index (χ4v) is 2.03. The Kier molecular flexibility index (Phi) is 7.01. The van der Waals surface area contributed by atoms with Gasteiger partial charge in [-0.25, -0.2) is 9.18 Å². The molecule has 5 heteroatoms. The minimum atomic E-state index is -0.283. The molecule has 0 radical (unpaired) electrons. The van der Waals surface area contributed by atoms with Crippen LogP contribution in [-0.2, 0) is 6.42 Å². The van der Waals surface area contributed by atoms with E-state index < -0.39 is 0 Å². The zero-order valence-electron chi connectivity index (χ0n) is 12.0. The Labute approximate surface area is 119 Å².